The molecule has 2 bridgehead atoms. The van der Waals surface area contributed by atoms with Gasteiger partial charge in [-0.3, -0.25) is 0 Å². The van der Waals surface area contributed by atoms with Gasteiger partial charge >= 0.3 is 0 Å². The van der Waals surface area contributed by atoms with E-state index in [1.54, 1.807) is 6.20 Å². The van der Waals surface area contributed by atoms with E-state index in [0.29, 0.717) is 23.8 Å². The van der Waals surface area contributed by atoms with Crippen molar-refractivity contribution in [3.63, 3.8) is 0 Å². The first-order chi connectivity index (χ1) is 10.8. The summed E-state index contributed by atoms with van der Waals surface area (Å²) in [6, 6.07) is 10.6. The number of piperidine rings is 1. The van der Waals surface area contributed by atoms with Gasteiger partial charge in [-0.1, -0.05) is 12.1 Å². The highest BCUT2D eigenvalue weighted by Gasteiger charge is 2.41. The summed E-state index contributed by atoms with van der Waals surface area (Å²) in [5.41, 5.74) is 2.19. The molecule has 22 heavy (non-hydrogen) atoms. The van der Waals surface area contributed by atoms with Crippen LogP contribution in [0.3, 0.4) is 0 Å². The average Bonchev–Trinajstić information content (AvgIpc) is 3.10. The summed E-state index contributed by atoms with van der Waals surface area (Å²) in [5, 5.41) is 6.73. The van der Waals surface area contributed by atoms with Gasteiger partial charge in [0.1, 0.15) is 6.10 Å². The van der Waals surface area contributed by atoms with Crippen LogP contribution in [0.25, 0.3) is 0 Å². The summed E-state index contributed by atoms with van der Waals surface area (Å²) >= 11 is 0. The Morgan fingerprint density at radius 1 is 1.27 bits per heavy atom. The number of rotatable bonds is 4. The van der Waals surface area contributed by atoms with Gasteiger partial charge in [-0.15, -0.1) is 0 Å². The molecule has 5 heteroatoms. The fourth-order valence-corrected chi connectivity index (χ4v) is 3.41. The molecule has 0 spiro atoms. The fraction of sp³-hybridized carbons (Fsp3) is 0.412. The van der Waals surface area contributed by atoms with Gasteiger partial charge in [0, 0.05) is 36.5 Å². The molecule has 1 aliphatic heterocycles. The molecule has 2 N–H and O–H groups in total. The normalized spacial score (nSPS) is 26.1. The van der Waals surface area contributed by atoms with Crippen LogP contribution >= 0.6 is 0 Å². The zero-order valence-corrected chi connectivity index (χ0v) is 12.6. The molecule has 2 aliphatic rings. The lowest BCUT2D eigenvalue weighted by Gasteiger charge is -2.23. The number of anilines is 2. The van der Waals surface area contributed by atoms with Gasteiger partial charge in [0.25, 0.3) is 0 Å². The number of ether oxygens (including phenoxy) is 1. The minimum atomic E-state index is 0.285. The molecule has 1 aliphatic carbocycles. The molecule has 0 unspecified atom stereocenters. The molecular formula is C17H20N4O. The van der Waals surface area contributed by atoms with Gasteiger partial charge in [0.15, 0.2) is 0 Å². The number of aromatic nitrogens is 2. The Bertz CT molecular complexity index is 675. The monoisotopic (exact) mass is 296 g/mol. The molecule has 0 radical (unpaired) electrons. The third-order valence-corrected chi connectivity index (χ3v) is 4.47. The van der Waals surface area contributed by atoms with Crippen molar-refractivity contribution in [1.82, 2.24) is 15.3 Å². The molecule has 3 atom stereocenters. The molecule has 0 amide bonds. The van der Waals surface area contributed by atoms with Crippen molar-refractivity contribution in [2.24, 2.45) is 5.92 Å². The summed E-state index contributed by atoms with van der Waals surface area (Å²) < 4.78 is 6.08. The number of benzene rings is 1. The Hall–Kier alpha value is -2.14. The quantitative estimate of drug-likeness (QED) is 0.908. The summed E-state index contributed by atoms with van der Waals surface area (Å²) in [7, 11) is 0. The molecule has 2 heterocycles. The number of aryl methyl sites for hydroxylation is 1. The highest BCUT2D eigenvalue weighted by Crippen LogP contribution is 2.33. The number of nitrogens with one attached hydrogen (secondary N) is 2. The van der Waals surface area contributed by atoms with Crippen LogP contribution in [-0.2, 0) is 0 Å². The van der Waals surface area contributed by atoms with Crippen molar-refractivity contribution in [3.05, 3.63) is 42.1 Å². The molecular weight excluding hydrogens is 276 g/mol. The van der Waals surface area contributed by atoms with Crippen LogP contribution in [0.5, 0.6) is 5.88 Å². The topological polar surface area (TPSA) is 59.1 Å². The Balaban J connectivity index is 1.46. The van der Waals surface area contributed by atoms with E-state index in [0.717, 1.165) is 18.7 Å². The van der Waals surface area contributed by atoms with Crippen LogP contribution in [0.15, 0.2) is 36.5 Å². The van der Waals surface area contributed by atoms with Crippen molar-refractivity contribution in [1.29, 1.82) is 0 Å². The summed E-state index contributed by atoms with van der Waals surface area (Å²) in [6.07, 6.45) is 4.33. The zero-order chi connectivity index (χ0) is 14.9. The maximum absolute atomic E-state index is 6.08. The number of hydrogen-bond donors (Lipinski definition) is 2. The molecule has 114 valence electrons. The Labute approximate surface area is 130 Å². The highest BCUT2D eigenvalue weighted by atomic mass is 16.5. The van der Waals surface area contributed by atoms with Crippen LogP contribution in [0.4, 0.5) is 11.6 Å². The minimum absolute atomic E-state index is 0.285. The Morgan fingerprint density at radius 3 is 3.00 bits per heavy atom. The van der Waals surface area contributed by atoms with E-state index in [2.05, 4.69) is 39.7 Å². The summed E-state index contributed by atoms with van der Waals surface area (Å²) in [6.45, 7) is 3.13. The molecule has 1 aromatic heterocycles. The third kappa shape index (κ3) is 2.76. The molecule has 1 saturated heterocycles. The SMILES string of the molecule is Cc1cccc(Nc2nccc(O[C@H]3C[C@H]4C[C@@H]3CN4)n2)c1. The number of nitrogens with zero attached hydrogens (tertiary/aromatic N) is 2. The lowest BCUT2D eigenvalue weighted by Crippen LogP contribution is -2.35. The van der Waals surface area contributed by atoms with E-state index >= 15 is 0 Å². The van der Waals surface area contributed by atoms with Gasteiger partial charge in [-0.2, -0.15) is 4.98 Å². The lowest BCUT2D eigenvalue weighted by atomic mass is 10.1. The first-order valence-corrected chi connectivity index (χ1v) is 7.83. The second kappa shape index (κ2) is 5.57. The molecule has 5 nitrogen and oxygen atoms in total. The molecule has 1 saturated carbocycles. The zero-order valence-electron chi connectivity index (χ0n) is 12.6. The first kappa shape index (κ1) is 13.5. The molecule has 2 fully saturated rings. The summed E-state index contributed by atoms with van der Waals surface area (Å²) in [5.74, 6) is 1.85. The van der Waals surface area contributed by atoms with Crippen LogP contribution in [0, 0.1) is 12.8 Å². The fourth-order valence-electron chi connectivity index (χ4n) is 3.41. The van der Waals surface area contributed by atoms with Crippen molar-refractivity contribution < 1.29 is 4.74 Å². The lowest BCUT2D eigenvalue weighted by molar-refractivity contribution is 0.140. The number of fused-ring (bicyclic) bond motifs is 2. The van der Waals surface area contributed by atoms with Gasteiger partial charge in [-0.25, -0.2) is 4.98 Å². The van der Waals surface area contributed by atoms with Gasteiger partial charge < -0.3 is 15.4 Å². The smallest absolute Gasteiger partial charge is 0.230 e. The second-order valence-corrected chi connectivity index (χ2v) is 6.21. The van der Waals surface area contributed by atoms with E-state index in [1.807, 2.05) is 18.2 Å². The van der Waals surface area contributed by atoms with E-state index < -0.39 is 0 Å². The van der Waals surface area contributed by atoms with Crippen LogP contribution in [0.2, 0.25) is 0 Å². The van der Waals surface area contributed by atoms with E-state index in [-0.39, 0.29) is 6.10 Å². The van der Waals surface area contributed by atoms with Crippen molar-refractivity contribution >= 4 is 11.6 Å². The van der Waals surface area contributed by atoms with Crippen LogP contribution in [-0.4, -0.2) is 28.7 Å². The Morgan fingerprint density at radius 2 is 2.23 bits per heavy atom. The predicted molar refractivity (Wildman–Crippen MR) is 85.4 cm³/mol. The van der Waals surface area contributed by atoms with E-state index in [4.69, 9.17) is 4.74 Å². The molecule has 4 rings (SSSR count). The van der Waals surface area contributed by atoms with E-state index in [1.165, 1.54) is 12.0 Å². The van der Waals surface area contributed by atoms with Crippen molar-refractivity contribution in [2.75, 3.05) is 11.9 Å². The maximum Gasteiger partial charge on any atom is 0.230 e. The largest absolute Gasteiger partial charge is 0.474 e. The highest BCUT2D eigenvalue weighted by molar-refractivity contribution is 5.54. The Kier molecular flexibility index (Phi) is 3.42. The van der Waals surface area contributed by atoms with Crippen LogP contribution in [0.1, 0.15) is 18.4 Å². The second-order valence-electron chi connectivity index (χ2n) is 6.21. The molecule has 1 aromatic carbocycles. The first-order valence-electron chi connectivity index (χ1n) is 7.83. The average molecular weight is 296 g/mol. The van der Waals surface area contributed by atoms with Gasteiger partial charge in [0.2, 0.25) is 11.8 Å². The van der Waals surface area contributed by atoms with Crippen molar-refractivity contribution in [3.8, 4) is 5.88 Å². The molecule has 2 aromatic rings. The van der Waals surface area contributed by atoms with Gasteiger partial charge in [0.05, 0.1) is 0 Å². The number of hydrogen-bond acceptors (Lipinski definition) is 5. The minimum Gasteiger partial charge on any atom is -0.474 e. The van der Waals surface area contributed by atoms with Crippen LogP contribution < -0.4 is 15.4 Å². The standard InChI is InChI=1S/C17H20N4O/c1-11-3-2-4-13(7-11)20-17-18-6-5-16(21-17)22-15-9-14-8-12(15)10-19-14/h2-7,12,14-15,19H,8-10H2,1H3,(H,18,20,21)/t12-,14-,15+/m1/s1. The maximum atomic E-state index is 6.08. The van der Waals surface area contributed by atoms with Crippen molar-refractivity contribution in [2.45, 2.75) is 31.9 Å². The third-order valence-electron chi connectivity index (χ3n) is 4.47. The predicted octanol–water partition coefficient (Wildman–Crippen LogP) is 2.66. The van der Waals surface area contributed by atoms with E-state index in [9.17, 15) is 0 Å². The van der Waals surface area contributed by atoms with Gasteiger partial charge in [-0.05, 0) is 37.5 Å². The summed E-state index contributed by atoms with van der Waals surface area (Å²) in [4.78, 5) is 8.75.